The van der Waals surface area contributed by atoms with E-state index in [9.17, 15) is 4.79 Å². The van der Waals surface area contributed by atoms with Gasteiger partial charge in [-0.05, 0) is 45.0 Å². The molecule has 6 nitrogen and oxygen atoms in total. The van der Waals surface area contributed by atoms with Crippen LogP contribution in [0.2, 0.25) is 0 Å². The molecule has 1 aromatic rings. The van der Waals surface area contributed by atoms with Crippen molar-refractivity contribution in [3.05, 3.63) is 24.0 Å². The molecule has 6 heteroatoms. The lowest BCUT2D eigenvalue weighted by atomic mass is 9.97. The van der Waals surface area contributed by atoms with Gasteiger partial charge >= 0.3 is 6.09 Å². The Morgan fingerprint density at radius 2 is 2.19 bits per heavy atom. The maximum atomic E-state index is 10.9. The van der Waals surface area contributed by atoms with Crippen LogP contribution in [0.3, 0.4) is 0 Å². The molecular weight excluding hydrogens is 268 g/mol. The molecule has 1 aliphatic rings. The van der Waals surface area contributed by atoms with E-state index >= 15 is 0 Å². The van der Waals surface area contributed by atoms with Crippen molar-refractivity contribution < 1.29 is 9.90 Å². The quantitative estimate of drug-likeness (QED) is 0.868. The van der Waals surface area contributed by atoms with E-state index in [1.807, 2.05) is 26.4 Å². The number of carboxylic acid groups (broad SMARTS) is 1. The van der Waals surface area contributed by atoms with Crippen molar-refractivity contribution in [1.82, 2.24) is 14.8 Å². The van der Waals surface area contributed by atoms with Crippen molar-refractivity contribution in [2.45, 2.75) is 19.4 Å². The summed E-state index contributed by atoms with van der Waals surface area (Å²) in [5.41, 5.74) is 2.13. The number of nitrogens with zero attached hydrogens (tertiary/aromatic N) is 3. The normalized spacial score (nSPS) is 16.2. The molecule has 0 aliphatic carbocycles. The fourth-order valence-electron chi connectivity index (χ4n) is 2.59. The molecule has 0 aromatic carbocycles. The van der Waals surface area contributed by atoms with Crippen LogP contribution in [-0.2, 0) is 6.54 Å². The molecule has 1 aliphatic heterocycles. The number of pyridine rings is 1. The molecule has 1 fully saturated rings. The first-order valence-electron chi connectivity index (χ1n) is 7.36. The van der Waals surface area contributed by atoms with Gasteiger partial charge in [0.25, 0.3) is 0 Å². The molecule has 116 valence electrons. The van der Waals surface area contributed by atoms with Crippen molar-refractivity contribution in [3.8, 4) is 0 Å². The molecule has 1 amide bonds. The second kappa shape index (κ2) is 7.26. The third-order valence-corrected chi connectivity index (χ3v) is 3.77. The fourth-order valence-corrected chi connectivity index (χ4v) is 2.59. The maximum Gasteiger partial charge on any atom is 0.407 e. The highest BCUT2D eigenvalue weighted by atomic mass is 16.4. The summed E-state index contributed by atoms with van der Waals surface area (Å²) in [7, 11) is 4.05. The number of hydrogen-bond acceptors (Lipinski definition) is 4. The monoisotopic (exact) mass is 292 g/mol. The van der Waals surface area contributed by atoms with Crippen LogP contribution in [0, 0.1) is 5.92 Å². The number of rotatable bonds is 5. The molecule has 0 saturated carbocycles. The SMILES string of the molecule is CN(C)Cc1cc(NCC2CCN(C(=O)O)CC2)ccn1. The van der Waals surface area contributed by atoms with Gasteiger partial charge in [-0.2, -0.15) is 0 Å². The number of piperidine rings is 1. The van der Waals surface area contributed by atoms with Gasteiger partial charge in [0.2, 0.25) is 0 Å². The van der Waals surface area contributed by atoms with Crippen molar-refractivity contribution in [2.24, 2.45) is 5.92 Å². The third kappa shape index (κ3) is 4.90. The molecule has 0 atom stereocenters. The van der Waals surface area contributed by atoms with Gasteiger partial charge in [-0.3, -0.25) is 4.98 Å². The number of amides is 1. The Kier molecular flexibility index (Phi) is 5.38. The number of anilines is 1. The summed E-state index contributed by atoms with van der Waals surface area (Å²) in [5.74, 6) is 0.533. The molecule has 2 heterocycles. The molecule has 0 spiro atoms. The molecule has 0 bridgehead atoms. The highest BCUT2D eigenvalue weighted by Gasteiger charge is 2.21. The van der Waals surface area contributed by atoms with Gasteiger partial charge in [0, 0.05) is 38.1 Å². The number of carbonyl (C=O) groups is 1. The molecule has 0 unspecified atom stereocenters. The summed E-state index contributed by atoms with van der Waals surface area (Å²) < 4.78 is 0. The molecule has 1 aromatic heterocycles. The summed E-state index contributed by atoms with van der Waals surface area (Å²) in [6, 6.07) is 4.05. The van der Waals surface area contributed by atoms with Gasteiger partial charge in [0.05, 0.1) is 5.69 Å². The van der Waals surface area contributed by atoms with Crippen LogP contribution in [0.25, 0.3) is 0 Å². The van der Waals surface area contributed by atoms with E-state index in [2.05, 4.69) is 21.3 Å². The van der Waals surface area contributed by atoms with Crippen LogP contribution in [-0.4, -0.2) is 59.7 Å². The van der Waals surface area contributed by atoms with Gasteiger partial charge in [0.1, 0.15) is 0 Å². The van der Waals surface area contributed by atoms with E-state index < -0.39 is 6.09 Å². The minimum atomic E-state index is -0.802. The Morgan fingerprint density at radius 3 is 2.81 bits per heavy atom. The Hall–Kier alpha value is -1.82. The first-order valence-corrected chi connectivity index (χ1v) is 7.36. The molecule has 21 heavy (non-hydrogen) atoms. The van der Waals surface area contributed by atoms with E-state index in [0.717, 1.165) is 37.3 Å². The number of nitrogens with one attached hydrogen (secondary N) is 1. The minimum absolute atomic E-state index is 0.533. The lowest BCUT2D eigenvalue weighted by molar-refractivity contribution is 0.126. The predicted molar refractivity (Wildman–Crippen MR) is 82.4 cm³/mol. The zero-order valence-electron chi connectivity index (χ0n) is 12.7. The highest BCUT2D eigenvalue weighted by molar-refractivity contribution is 5.65. The zero-order chi connectivity index (χ0) is 15.2. The van der Waals surface area contributed by atoms with Crippen LogP contribution in [0.1, 0.15) is 18.5 Å². The number of aromatic nitrogens is 1. The van der Waals surface area contributed by atoms with Crippen LogP contribution in [0.5, 0.6) is 0 Å². The smallest absolute Gasteiger partial charge is 0.407 e. The molecule has 0 radical (unpaired) electrons. The molecule has 1 saturated heterocycles. The van der Waals surface area contributed by atoms with Crippen LogP contribution in [0.4, 0.5) is 10.5 Å². The highest BCUT2D eigenvalue weighted by Crippen LogP contribution is 2.18. The largest absolute Gasteiger partial charge is 0.465 e. The standard InChI is InChI=1S/C15H24N4O2/c1-18(2)11-14-9-13(3-6-16-14)17-10-12-4-7-19(8-5-12)15(20)21/h3,6,9,12H,4-5,7-8,10-11H2,1-2H3,(H,16,17)(H,20,21). The second-order valence-corrected chi connectivity index (χ2v) is 5.87. The lowest BCUT2D eigenvalue weighted by Crippen LogP contribution is -2.39. The van der Waals surface area contributed by atoms with Crippen LogP contribution >= 0.6 is 0 Å². The third-order valence-electron chi connectivity index (χ3n) is 3.77. The summed E-state index contributed by atoms with van der Waals surface area (Å²) in [4.78, 5) is 18.8. The first-order chi connectivity index (χ1) is 10.0. The van der Waals surface area contributed by atoms with Crippen molar-refractivity contribution in [1.29, 1.82) is 0 Å². The number of hydrogen-bond donors (Lipinski definition) is 2. The number of likely N-dealkylation sites (tertiary alicyclic amines) is 1. The Morgan fingerprint density at radius 1 is 1.48 bits per heavy atom. The van der Waals surface area contributed by atoms with Crippen LogP contribution in [0.15, 0.2) is 18.3 Å². The zero-order valence-corrected chi connectivity index (χ0v) is 12.7. The average molecular weight is 292 g/mol. The van der Waals surface area contributed by atoms with E-state index in [0.29, 0.717) is 19.0 Å². The van der Waals surface area contributed by atoms with Gasteiger partial charge in [-0.15, -0.1) is 0 Å². The molecule has 2 N–H and O–H groups in total. The van der Waals surface area contributed by atoms with Gasteiger partial charge in [-0.25, -0.2) is 4.79 Å². The summed E-state index contributed by atoms with van der Waals surface area (Å²) in [6.07, 6.45) is 2.88. The summed E-state index contributed by atoms with van der Waals surface area (Å²) >= 11 is 0. The average Bonchev–Trinajstić information content (AvgIpc) is 2.45. The van der Waals surface area contributed by atoms with Crippen molar-refractivity contribution >= 4 is 11.8 Å². The summed E-state index contributed by atoms with van der Waals surface area (Å²) in [5, 5.41) is 12.4. The Labute approximate surface area is 125 Å². The summed E-state index contributed by atoms with van der Waals surface area (Å²) in [6.45, 7) is 3.00. The maximum absolute atomic E-state index is 10.9. The molecular formula is C15H24N4O2. The Bertz CT molecular complexity index is 470. The van der Waals surface area contributed by atoms with Gasteiger partial charge in [0.15, 0.2) is 0 Å². The van der Waals surface area contributed by atoms with Gasteiger partial charge in [-0.1, -0.05) is 0 Å². The van der Waals surface area contributed by atoms with Crippen molar-refractivity contribution in [2.75, 3.05) is 39.0 Å². The van der Waals surface area contributed by atoms with E-state index in [4.69, 9.17) is 5.11 Å². The topological polar surface area (TPSA) is 68.7 Å². The van der Waals surface area contributed by atoms with E-state index in [-0.39, 0.29) is 0 Å². The lowest BCUT2D eigenvalue weighted by Gasteiger charge is -2.30. The first kappa shape index (κ1) is 15.6. The second-order valence-electron chi connectivity index (χ2n) is 5.87. The van der Waals surface area contributed by atoms with Crippen LogP contribution < -0.4 is 5.32 Å². The van der Waals surface area contributed by atoms with Crippen molar-refractivity contribution in [3.63, 3.8) is 0 Å². The fraction of sp³-hybridized carbons (Fsp3) is 0.600. The predicted octanol–water partition coefficient (Wildman–Crippen LogP) is 1.95. The Balaban J connectivity index is 1.80. The van der Waals surface area contributed by atoms with E-state index in [1.54, 1.807) is 0 Å². The molecule has 2 rings (SSSR count). The van der Waals surface area contributed by atoms with E-state index in [1.165, 1.54) is 4.90 Å². The minimum Gasteiger partial charge on any atom is -0.465 e. The van der Waals surface area contributed by atoms with Gasteiger partial charge < -0.3 is 20.2 Å².